The highest BCUT2D eigenvalue weighted by molar-refractivity contribution is 8.00. The monoisotopic (exact) mass is 406 g/mol. The lowest BCUT2D eigenvalue weighted by Gasteiger charge is -2.16. The molecule has 3 rings (SSSR count). The summed E-state index contributed by atoms with van der Waals surface area (Å²) >= 11 is 1.61. The van der Waals surface area contributed by atoms with E-state index in [1.54, 1.807) is 36.0 Å². The van der Waals surface area contributed by atoms with Crippen LogP contribution in [0.4, 0.5) is 0 Å². The molecule has 0 aromatic heterocycles. The minimum absolute atomic E-state index is 0.0158. The van der Waals surface area contributed by atoms with Gasteiger partial charge in [-0.2, -0.15) is 0 Å². The van der Waals surface area contributed by atoms with Crippen molar-refractivity contribution in [3.8, 4) is 11.5 Å². The third-order valence-corrected chi connectivity index (χ3v) is 6.71. The van der Waals surface area contributed by atoms with Crippen LogP contribution in [0.25, 0.3) is 0 Å². The van der Waals surface area contributed by atoms with Crippen LogP contribution in [0.15, 0.2) is 53.4 Å². The smallest absolute Gasteiger partial charge is 0.237 e. The molecule has 8 heteroatoms. The van der Waals surface area contributed by atoms with Crippen LogP contribution >= 0.6 is 11.8 Å². The van der Waals surface area contributed by atoms with Crippen molar-refractivity contribution >= 4 is 27.5 Å². The summed E-state index contributed by atoms with van der Waals surface area (Å²) in [5.74, 6) is 2.01. The minimum Gasteiger partial charge on any atom is -0.457 e. The molecule has 1 amide bonds. The van der Waals surface area contributed by atoms with E-state index in [2.05, 4.69) is 5.32 Å². The zero-order valence-corrected chi connectivity index (χ0v) is 16.6. The molecule has 2 aromatic carbocycles. The predicted octanol–water partition coefficient (Wildman–Crippen LogP) is 2.50. The van der Waals surface area contributed by atoms with E-state index in [0.29, 0.717) is 18.0 Å². The summed E-state index contributed by atoms with van der Waals surface area (Å²) in [4.78, 5) is 12.7. The number of hydrogen-bond donors (Lipinski definition) is 2. The van der Waals surface area contributed by atoms with Crippen molar-refractivity contribution in [3.05, 3.63) is 54.1 Å². The van der Waals surface area contributed by atoms with Gasteiger partial charge in [0.05, 0.1) is 4.90 Å². The lowest BCUT2D eigenvalue weighted by Crippen LogP contribution is -2.40. The summed E-state index contributed by atoms with van der Waals surface area (Å²) in [6.07, 6.45) is 2.03. The fraction of sp³-hybridized carbons (Fsp3) is 0.316. The second kappa shape index (κ2) is 8.33. The Kier molecular flexibility index (Phi) is 6.08. The van der Waals surface area contributed by atoms with E-state index < -0.39 is 9.84 Å². The first kappa shape index (κ1) is 19.7. The quantitative estimate of drug-likeness (QED) is 0.792. The van der Waals surface area contributed by atoms with Crippen molar-refractivity contribution in [3.63, 3.8) is 0 Å². The highest BCUT2D eigenvalue weighted by Crippen LogP contribution is 2.33. The average molecular weight is 407 g/mol. The number of nitrogens with two attached hydrogens (primary N) is 1. The third kappa shape index (κ3) is 5.03. The summed E-state index contributed by atoms with van der Waals surface area (Å²) in [6.45, 7) is 0.448. The predicted molar refractivity (Wildman–Crippen MR) is 107 cm³/mol. The molecule has 0 bridgehead atoms. The Balaban J connectivity index is 1.69. The topological polar surface area (TPSA) is 98.5 Å². The summed E-state index contributed by atoms with van der Waals surface area (Å²) in [6, 6.07) is 13.7. The van der Waals surface area contributed by atoms with Gasteiger partial charge in [0, 0.05) is 18.8 Å². The largest absolute Gasteiger partial charge is 0.457 e. The van der Waals surface area contributed by atoms with E-state index >= 15 is 0 Å². The molecular formula is C19H22N2O4S2. The molecule has 1 saturated heterocycles. The van der Waals surface area contributed by atoms with Gasteiger partial charge in [-0.15, -0.1) is 11.8 Å². The van der Waals surface area contributed by atoms with Crippen LogP contribution in [0.1, 0.15) is 17.2 Å². The zero-order valence-electron chi connectivity index (χ0n) is 14.9. The first-order valence-corrected chi connectivity index (χ1v) is 11.5. The van der Waals surface area contributed by atoms with E-state index in [9.17, 15) is 13.2 Å². The maximum atomic E-state index is 12.4. The van der Waals surface area contributed by atoms with Crippen molar-refractivity contribution in [1.82, 2.24) is 5.32 Å². The first-order valence-electron chi connectivity index (χ1n) is 8.57. The van der Waals surface area contributed by atoms with E-state index in [-0.39, 0.29) is 22.1 Å². The fourth-order valence-electron chi connectivity index (χ4n) is 2.78. The number of sulfone groups is 1. The van der Waals surface area contributed by atoms with Gasteiger partial charge in [0.15, 0.2) is 9.84 Å². The SMILES string of the molecule is CS(=O)(=O)c1ccc(Oc2ccc([C@H]3SCC[C@@H](CN)NC3=O)cc2)cc1. The molecule has 3 N–H and O–H groups in total. The Morgan fingerprint density at radius 2 is 1.70 bits per heavy atom. The van der Waals surface area contributed by atoms with Crippen molar-refractivity contribution in [2.75, 3.05) is 18.6 Å². The van der Waals surface area contributed by atoms with Crippen LogP contribution in [0.2, 0.25) is 0 Å². The van der Waals surface area contributed by atoms with E-state index in [1.165, 1.54) is 18.4 Å². The molecular weight excluding hydrogens is 384 g/mol. The van der Waals surface area contributed by atoms with Crippen molar-refractivity contribution in [1.29, 1.82) is 0 Å². The molecule has 0 radical (unpaired) electrons. The van der Waals surface area contributed by atoms with Gasteiger partial charge in [0.2, 0.25) is 5.91 Å². The normalized spacial score (nSPS) is 20.6. The molecule has 6 nitrogen and oxygen atoms in total. The van der Waals surface area contributed by atoms with Crippen LogP contribution in [0, 0.1) is 0 Å². The number of rotatable bonds is 5. The van der Waals surface area contributed by atoms with Gasteiger partial charge in [0.25, 0.3) is 0 Å². The number of thioether (sulfide) groups is 1. The van der Waals surface area contributed by atoms with E-state index in [0.717, 1.165) is 17.7 Å². The maximum absolute atomic E-state index is 12.4. The lowest BCUT2D eigenvalue weighted by atomic mass is 10.1. The number of amides is 1. The standard InChI is InChI=1S/C19H22N2O4S2/c1-27(23,24)17-8-6-16(7-9-17)25-15-4-2-13(3-5-15)18-19(22)21-14(12-20)10-11-26-18/h2-9,14,18H,10-12,20H2,1H3,(H,21,22)/t14-,18+/m0/s1. The summed E-state index contributed by atoms with van der Waals surface area (Å²) < 4.78 is 28.8. The number of benzene rings is 2. The number of hydrogen-bond acceptors (Lipinski definition) is 6. The molecule has 0 saturated carbocycles. The number of nitrogens with one attached hydrogen (secondary N) is 1. The Morgan fingerprint density at radius 1 is 1.11 bits per heavy atom. The van der Waals surface area contributed by atoms with Crippen LogP contribution in [0.5, 0.6) is 11.5 Å². The van der Waals surface area contributed by atoms with E-state index in [1.807, 2.05) is 12.1 Å². The lowest BCUT2D eigenvalue weighted by molar-refractivity contribution is -0.121. The van der Waals surface area contributed by atoms with Crippen LogP contribution in [-0.2, 0) is 14.6 Å². The van der Waals surface area contributed by atoms with Gasteiger partial charge in [-0.1, -0.05) is 12.1 Å². The van der Waals surface area contributed by atoms with Gasteiger partial charge >= 0.3 is 0 Å². The molecule has 2 atom stereocenters. The van der Waals surface area contributed by atoms with Crippen LogP contribution < -0.4 is 15.8 Å². The molecule has 0 unspecified atom stereocenters. The van der Waals surface area contributed by atoms with Crippen LogP contribution in [-0.4, -0.2) is 38.9 Å². The summed E-state index contributed by atoms with van der Waals surface area (Å²) in [5, 5.41) is 2.72. The highest BCUT2D eigenvalue weighted by Gasteiger charge is 2.26. The molecule has 0 spiro atoms. The highest BCUT2D eigenvalue weighted by atomic mass is 32.2. The second-order valence-electron chi connectivity index (χ2n) is 6.40. The number of ether oxygens (including phenoxy) is 1. The van der Waals surface area contributed by atoms with Crippen LogP contribution in [0.3, 0.4) is 0 Å². The molecule has 2 aromatic rings. The zero-order chi connectivity index (χ0) is 19.4. The first-order chi connectivity index (χ1) is 12.9. The van der Waals surface area contributed by atoms with Gasteiger partial charge in [-0.25, -0.2) is 8.42 Å². The molecule has 144 valence electrons. The molecule has 27 heavy (non-hydrogen) atoms. The maximum Gasteiger partial charge on any atom is 0.237 e. The third-order valence-electron chi connectivity index (χ3n) is 4.29. The Hall–Kier alpha value is -2.03. The van der Waals surface area contributed by atoms with Crippen molar-refractivity contribution in [2.24, 2.45) is 5.73 Å². The minimum atomic E-state index is -3.23. The summed E-state index contributed by atoms with van der Waals surface area (Å²) in [7, 11) is -3.23. The van der Waals surface area contributed by atoms with Gasteiger partial charge in [-0.3, -0.25) is 4.79 Å². The number of carbonyl (C=O) groups excluding carboxylic acids is 1. The molecule has 1 aliphatic rings. The van der Waals surface area contributed by atoms with Gasteiger partial charge in [-0.05, 0) is 54.1 Å². The molecule has 1 heterocycles. The van der Waals surface area contributed by atoms with Gasteiger partial charge < -0.3 is 15.8 Å². The molecule has 1 aliphatic heterocycles. The van der Waals surface area contributed by atoms with Crippen molar-refractivity contribution < 1.29 is 17.9 Å². The molecule has 0 aliphatic carbocycles. The van der Waals surface area contributed by atoms with Crippen molar-refractivity contribution in [2.45, 2.75) is 22.6 Å². The van der Waals surface area contributed by atoms with Gasteiger partial charge in [0.1, 0.15) is 16.7 Å². The molecule has 1 fully saturated rings. The number of carbonyl (C=O) groups is 1. The average Bonchev–Trinajstić information content (AvgIpc) is 2.83. The Labute approximate surface area is 163 Å². The fourth-order valence-corrected chi connectivity index (χ4v) is 4.63. The Bertz CT molecular complexity index is 896. The Morgan fingerprint density at radius 3 is 2.26 bits per heavy atom. The second-order valence-corrected chi connectivity index (χ2v) is 9.62. The summed E-state index contributed by atoms with van der Waals surface area (Å²) in [5.41, 5.74) is 6.58. The van der Waals surface area contributed by atoms with E-state index in [4.69, 9.17) is 10.5 Å².